The molecule has 1 heterocycles. The fraction of sp³-hybridized carbons (Fsp3) is 0.278. The van der Waals surface area contributed by atoms with E-state index in [9.17, 15) is 13.2 Å². The van der Waals surface area contributed by atoms with Crippen LogP contribution in [-0.2, 0) is 14.8 Å². The molecule has 1 unspecified atom stereocenters. The van der Waals surface area contributed by atoms with E-state index in [1.807, 2.05) is 32.0 Å². The highest BCUT2D eigenvalue weighted by atomic mass is 79.9. The second-order valence-electron chi connectivity index (χ2n) is 6.15. The lowest BCUT2D eigenvalue weighted by molar-refractivity contribution is -0.118. The van der Waals surface area contributed by atoms with E-state index in [1.165, 1.54) is 6.07 Å². The van der Waals surface area contributed by atoms with E-state index in [4.69, 9.17) is 0 Å². The van der Waals surface area contributed by atoms with Crippen LogP contribution in [0.4, 0.5) is 5.69 Å². The fourth-order valence-electron chi connectivity index (χ4n) is 2.85. The van der Waals surface area contributed by atoms with Gasteiger partial charge in [-0.3, -0.25) is 4.79 Å². The summed E-state index contributed by atoms with van der Waals surface area (Å²) in [4.78, 5) is 14.5. The number of benzene rings is 2. The molecule has 7 heteroatoms. The molecule has 2 aromatic rings. The second kappa shape index (κ2) is 6.90. The Balaban J connectivity index is 1.80. The molecular weight excluding hydrogens is 404 g/mol. The highest BCUT2D eigenvalue weighted by Gasteiger charge is 2.36. The van der Waals surface area contributed by atoms with Crippen LogP contribution in [0.2, 0.25) is 0 Å². The first kappa shape index (κ1) is 18.1. The van der Waals surface area contributed by atoms with Crippen molar-refractivity contribution in [3.05, 3.63) is 58.1 Å². The third-order valence-corrected chi connectivity index (χ3v) is 6.92. The SMILES string of the molecule is Cc1ccc(N2CCC(NS(=O)(=O)c3ccccc3Br)C2=O)cc1C. The van der Waals surface area contributed by atoms with Crippen molar-refractivity contribution in [2.45, 2.75) is 31.2 Å². The Hall–Kier alpha value is -1.70. The summed E-state index contributed by atoms with van der Waals surface area (Å²) in [5, 5.41) is 0. The highest BCUT2D eigenvalue weighted by molar-refractivity contribution is 9.10. The number of aryl methyl sites for hydroxylation is 2. The van der Waals surface area contributed by atoms with Gasteiger partial charge >= 0.3 is 0 Å². The minimum absolute atomic E-state index is 0.132. The summed E-state index contributed by atoms with van der Waals surface area (Å²) >= 11 is 3.25. The molecule has 25 heavy (non-hydrogen) atoms. The number of hydrogen-bond acceptors (Lipinski definition) is 3. The predicted molar refractivity (Wildman–Crippen MR) is 101 cm³/mol. The van der Waals surface area contributed by atoms with Gasteiger partial charge in [-0.1, -0.05) is 18.2 Å². The third-order valence-electron chi connectivity index (χ3n) is 4.43. The van der Waals surface area contributed by atoms with Gasteiger partial charge in [0.2, 0.25) is 15.9 Å². The van der Waals surface area contributed by atoms with Crippen molar-refractivity contribution in [3.8, 4) is 0 Å². The van der Waals surface area contributed by atoms with Crippen LogP contribution >= 0.6 is 15.9 Å². The number of nitrogens with one attached hydrogen (secondary N) is 1. The largest absolute Gasteiger partial charge is 0.311 e. The van der Waals surface area contributed by atoms with E-state index < -0.39 is 16.1 Å². The van der Waals surface area contributed by atoms with E-state index in [-0.39, 0.29) is 10.8 Å². The summed E-state index contributed by atoms with van der Waals surface area (Å²) < 4.78 is 28.2. The number of anilines is 1. The molecule has 0 aromatic heterocycles. The average molecular weight is 423 g/mol. The summed E-state index contributed by atoms with van der Waals surface area (Å²) in [6.07, 6.45) is 0.440. The zero-order valence-corrected chi connectivity index (χ0v) is 16.4. The lowest BCUT2D eigenvalue weighted by Crippen LogP contribution is -2.41. The van der Waals surface area contributed by atoms with Gasteiger partial charge < -0.3 is 4.90 Å². The molecule has 1 amide bonds. The summed E-state index contributed by atoms with van der Waals surface area (Å²) in [5.41, 5.74) is 3.06. The molecule has 1 saturated heterocycles. The number of carbonyl (C=O) groups is 1. The van der Waals surface area contributed by atoms with Gasteiger partial charge in [0.15, 0.2) is 0 Å². The molecule has 2 aromatic carbocycles. The minimum atomic E-state index is -3.77. The summed E-state index contributed by atoms with van der Waals surface area (Å²) in [6, 6.07) is 11.6. The van der Waals surface area contributed by atoms with Crippen molar-refractivity contribution in [1.82, 2.24) is 4.72 Å². The summed E-state index contributed by atoms with van der Waals surface area (Å²) in [6.45, 7) is 4.50. The van der Waals surface area contributed by atoms with Crippen molar-refractivity contribution in [2.24, 2.45) is 0 Å². The van der Waals surface area contributed by atoms with Crippen molar-refractivity contribution in [1.29, 1.82) is 0 Å². The molecular formula is C18H19BrN2O3S. The molecule has 5 nitrogen and oxygen atoms in total. The van der Waals surface area contributed by atoms with Crippen molar-refractivity contribution in [2.75, 3.05) is 11.4 Å². The molecule has 1 fully saturated rings. The van der Waals surface area contributed by atoms with Crippen LogP contribution in [0, 0.1) is 13.8 Å². The second-order valence-corrected chi connectivity index (χ2v) is 8.69. The number of halogens is 1. The van der Waals surface area contributed by atoms with E-state index in [2.05, 4.69) is 20.7 Å². The Labute approximate surface area is 156 Å². The van der Waals surface area contributed by atoms with Gasteiger partial charge in [0, 0.05) is 16.7 Å². The zero-order chi connectivity index (χ0) is 18.2. The van der Waals surface area contributed by atoms with Crippen LogP contribution in [0.25, 0.3) is 0 Å². The van der Waals surface area contributed by atoms with E-state index in [0.29, 0.717) is 17.4 Å². The molecule has 0 bridgehead atoms. The molecule has 0 aliphatic carbocycles. The van der Waals surface area contributed by atoms with Crippen LogP contribution in [-0.4, -0.2) is 26.9 Å². The quantitative estimate of drug-likeness (QED) is 0.822. The molecule has 0 spiro atoms. The number of sulfonamides is 1. The molecule has 1 aliphatic heterocycles. The van der Waals surface area contributed by atoms with Gasteiger partial charge in [0.1, 0.15) is 6.04 Å². The van der Waals surface area contributed by atoms with E-state index >= 15 is 0 Å². The number of nitrogens with zero attached hydrogens (tertiary/aromatic N) is 1. The maximum atomic E-state index is 12.7. The summed E-state index contributed by atoms with van der Waals surface area (Å²) in [5.74, 6) is -0.223. The summed E-state index contributed by atoms with van der Waals surface area (Å²) in [7, 11) is -3.77. The Morgan fingerprint density at radius 2 is 1.84 bits per heavy atom. The van der Waals surface area contributed by atoms with Crippen LogP contribution in [0.5, 0.6) is 0 Å². The smallest absolute Gasteiger partial charge is 0.245 e. The monoisotopic (exact) mass is 422 g/mol. The average Bonchev–Trinajstić information content (AvgIpc) is 2.91. The number of hydrogen-bond donors (Lipinski definition) is 1. The predicted octanol–water partition coefficient (Wildman–Crippen LogP) is 3.15. The molecule has 1 N–H and O–H groups in total. The zero-order valence-electron chi connectivity index (χ0n) is 14.0. The highest BCUT2D eigenvalue weighted by Crippen LogP contribution is 2.26. The molecule has 1 aliphatic rings. The van der Waals surface area contributed by atoms with Crippen LogP contribution < -0.4 is 9.62 Å². The van der Waals surface area contributed by atoms with Gasteiger partial charge in [-0.25, -0.2) is 8.42 Å². The van der Waals surface area contributed by atoms with E-state index in [0.717, 1.165) is 16.8 Å². The molecule has 3 rings (SSSR count). The number of rotatable bonds is 4. The first-order valence-electron chi connectivity index (χ1n) is 7.95. The molecule has 132 valence electrons. The van der Waals surface area contributed by atoms with Crippen molar-refractivity contribution in [3.63, 3.8) is 0 Å². The standard InChI is InChI=1S/C18H19BrN2O3S/c1-12-7-8-14(11-13(12)2)21-10-9-16(18(21)22)20-25(23,24)17-6-4-3-5-15(17)19/h3-8,11,16,20H,9-10H2,1-2H3. The molecule has 1 atom stereocenters. The van der Waals surface area contributed by atoms with Crippen molar-refractivity contribution < 1.29 is 13.2 Å². The Kier molecular flexibility index (Phi) is 4.99. The fourth-order valence-corrected chi connectivity index (χ4v) is 5.08. The van der Waals surface area contributed by atoms with Crippen LogP contribution in [0.15, 0.2) is 51.8 Å². The van der Waals surface area contributed by atoms with E-state index in [1.54, 1.807) is 23.1 Å². The van der Waals surface area contributed by atoms with Gasteiger partial charge in [-0.15, -0.1) is 0 Å². The van der Waals surface area contributed by atoms with Gasteiger partial charge in [0.25, 0.3) is 0 Å². The van der Waals surface area contributed by atoms with Crippen molar-refractivity contribution >= 4 is 37.5 Å². The number of amides is 1. The maximum absolute atomic E-state index is 12.7. The Morgan fingerprint density at radius 1 is 1.12 bits per heavy atom. The lowest BCUT2D eigenvalue weighted by Gasteiger charge is -2.18. The maximum Gasteiger partial charge on any atom is 0.245 e. The topological polar surface area (TPSA) is 66.5 Å². The number of carbonyl (C=O) groups excluding carboxylic acids is 1. The Bertz CT molecular complexity index is 928. The minimum Gasteiger partial charge on any atom is -0.311 e. The van der Waals surface area contributed by atoms with Crippen LogP contribution in [0.1, 0.15) is 17.5 Å². The molecule has 0 saturated carbocycles. The normalized spacial score (nSPS) is 18.0. The lowest BCUT2D eigenvalue weighted by atomic mass is 10.1. The van der Waals surface area contributed by atoms with Gasteiger partial charge in [0.05, 0.1) is 4.90 Å². The first-order valence-corrected chi connectivity index (χ1v) is 10.2. The third kappa shape index (κ3) is 3.63. The van der Waals surface area contributed by atoms with Gasteiger partial charge in [-0.2, -0.15) is 4.72 Å². The first-order chi connectivity index (χ1) is 11.8. The molecule has 0 radical (unpaired) electrons. The van der Waals surface area contributed by atoms with Crippen LogP contribution in [0.3, 0.4) is 0 Å². The Morgan fingerprint density at radius 3 is 2.52 bits per heavy atom. The van der Waals surface area contributed by atoms with Gasteiger partial charge in [-0.05, 0) is 71.6 Å².